The summed E-state index contributed by atoms with van der Waals surface area (Å²) in [6, 6.07) is 14.6. The highest BCUT2D eigenvalue weighted by Gasteiger charge is 2.25. The van der Waals surface area contributed by atoms with Gasteiger partial charge in [-0.25, -0.2) is 4.99 Å². The summed E-state index contributed by atoms with van der Waals surface area (Å²) in [6.07, 6.45) is 5.98. The number of halogens is 2. The lowest BCUT2D eigenvalue weighted by Gasteiger charge is -2.12. The van der Waals surface area contributed by atoms with Gasteiger partial charge in [0.15, 0.2) is 0 Å². The summed E-state index contributed by atoms with van der Waals surface area (Å²) in [7, 11) is 0. The minimum atomic E-state index is -0.120. The predicted octanol–water partition coefficient (Wildman–Crippen LogP) is 6.94. The van der Waals surface area contributed by atoms with Gasteiger partial charge in [-0.3, -0.25) is 4.79 Å². The van der Waals surface area contributed by atoms with Gasteiger partial charge in [-0.2, -0.15) is 0 Å². The van der Waals surface area contributed by atoms with Crippen LogP contribution in [0.5, 0.6) is 0 Å². The van der Waals surface area contributed by atoms with Gasteiger partial charge < -0.3 is 5.32 Å². The van der Waals surface area contributed by atoms with E-state index in [9.17, 15) is 4.79 Å². The molecule has 3 aromatic rings. The minimum absolute atomic E-state index is 0.120. The largest absolute Gasteiger partial charge is 0.322 e. The normalized spacial score (nSPS) is 13.5. The second kappa shape index (κ2) is 8.48. The highest BCUT2D eigenvalue weighted by molar-refractivity contribution is 7.16. The third-order valence-corrected chi connectivity index (χ3v) is 6.39. The molecule has 0 saturated carbocycles. The number of benzene rings is 2. The fourth-order valence-corrected chi connectivity index (χ4v) is 4.77. The first-order valence-corrected chi connectivity index (χ1v) is 10.7. The van der Waals surface area contributed by atoms with Crippen LogP contribution in [0.2, 0.25) is 10.0 Å². The van der Waals surface area contributed by atoms with Crippen molar-refractivity contribution in [2.24, 2.45) is 4.99 Å². The fourth-order valence-electron chi connectivity index (χ4n) is 3.29. The molecule has 142 valence electrons. The number of nitrogens with zero attached hydrogens (tertiary/aromatic N) is 1. The molecule has 1 aliphatic rings. The number of hydrogen-bond acceptors (Lipinski definition) is 3. The first-order chi connectivity index (χ1) is 13.6. The van der Waals surface area contributed by atoms with E-state index in [-0.39, 0.29) is 5.91 Å². The molecule has 1 amide bonds. The van der Waals surface area contributed by atoms with E-state index in [2.05, 4.69) is 10.3 Å². The van der Waals surface area contributed by atoms with Gasteiger partial charge in [0, 0.05) is 26.8 Å². The number of carbonyl (C=O) groups excluding carboxylic acids is 1. The van der Waals surface area contributed by atoms with Crippen LogP contribution in [0.25, 0.3) is 0 Å². The monoisotopic (exact) mass is 428 g/mol. The highest BCUT2D eigenvalue weighted by atomic mass is 35.5. The zero-order valence-corrected chi connectivity index (χ0v) is 17.4. The molecule has 0 fully saturated rings. The van der Waals surface area contributed by atoms with Crippen LogP contribution in [0.4, 0.5) is 10.7 Å². The number of aryl methyl sites for hydroxylation is 1. The first kappa shape index (κ1) is 19.2. The second-order valence-corrected chi connectivity index (χ2v) is 8.62. The molecule has 1 aromatic heterocycles. The Labute approximate surface area is 178 Å². The summed E-state index contributed by atoms with van der Waals surface area (Å²) in [5.74, 6) is -0.120. The van der Waals surface area contributed by atoms with E-state index in [0.717, 1.165) is 47.5 Å². The standard InChI is InChI=1S/C22H18Cl2N2OS/c23-15-7-5-14(6-8-15)13-25-22-20(18-3-1-2-4-19(18)28-22)21(27)26-17-11-9-16(24)10-12-17/h5-13H,1-4H2,(H,26,27)/b25-13+. The van der Waals surface area contributed by atoms with Crippen LogP contribution in [-0.4, -0.2) is 12.1 Å². The third kappa shape index (κ3) is 4.30. The molecular weight excluding hydrogens is 411 g/mol. The van der Waals surface area contributed by atoms with Crippen LogP contribution in [-0.2, 0) is 12.8 Å². The van der Waals surface area contributed by atoms with Crippen molar-refractivity contribution in [3.05, 3.63) is 80.1 Å². The van der Waals surface area contributed by atoms with E-state index in [1.54, 1.807) is 41.8 Å². The van der Waals surface area contributed by atoms with E-state index < -0.39 is 0 Å². The number of thiophene rings is 1. The molecule has 0 aliphatic heterocycles. The van der Waals surface area contributed by atoms with Crippen LogP contribution in [0, 0.1) is 0 Å². The van der Waals surface area contributed by atoms with Crippen LogP contribution in [0.15, 0.2) is 53.5 Å². The van der Waals surface area contributed by atoms with Crippen molar-refractivity contribution in [1.82, 2.24) is 0 Å². The number of carbonyl (C=O) groups is 1. The van der Waals surface area contributed by atoms with Crippen LogP contribution in [0.1, 0.15) is 39.2 Å². The molecule has 1 heterocycles. The molecule has 6 heteroatoms. The maximum Gasteiger partial charge on any atom is 0.259 e. The molecule has 0 atom stereocenters. The highest BCUT2D eigenvalue weighted by Crippen LogP contribution is 2.40. The number of anilines is 1. The summed E-state index contributed by atoms with van der Waals surface area (Å²) < 4.78 is 0. The van der Waals surface area contributed by atoms with Gasteiger partial charge in [0.05, 0.1) is 5.56 Å². The van der Waals surface area contributed by atoms with Crippen molar-refractivity contribution in [3.8, 4) is 0 Å². The van der Waals surface area contributed by atoms with Crippen molar-refractivity contribution in [3.63, 3.8) is 0 Å². The Morgan fingerprint density at radius 3 is 2.32 bits per heavy atom. The van der Waals surface area contributed by atoms with Crippen molar-refractivity contribution >= 4 is 57.3 Å². The summed E-state index contributed by atoms with van der Waals surface area (Å²) in [5, 5.41) is 5.07. The molecule has 3 nitrogen and oxygen atoms in total. The number of nitrogens with one attached hydrogen (secondary N) is 1. The molecule has 0 unspecified atom stereocenters. The van der Waals surface area contributed by atoms with Crippen molar-refractivity contribution in [2.75, 3.05) is 5.32 Å². The molecule has 1 aliphatic carbocycles. The SMILES string of the molecule is O=C(Nc1ccc(Cl)cc1)c1c(/N=C/c2ccc(Cl)cc2)sc2c1CCCC2. The molecule has 2 aromatic carbocycles. The third-order valence-electron chi connectivity index (χ3n) is 4.68. The molecule has 28 heavy (non-hydrogen) atoms. The Kier molecular flexibility index (Phi) is 5.81. The zero-order chi connectivity index (χ0) is 19.5. The van der Waals surface area contributed by atoms with Crippen LogP contribution < -0.4 is 5.32 Å². The number of aliphatic imine (C=N–C) groups is 1. The lowest BCUT2D eigenvalue weighted by atomic mass is 9.95. The first-order valence-electron chi connectivity index (χ1n) is 9.11. The fraction of sp³-hybridized carbons (Fsp3) is 0.182. The number of rotatable bonds is 4. The van der Waals surface area contributed by atoms with Crippen LogP contribution >= 0.6 is 34.5 Å². The van der Waals surface area contributed by atoms with E-state index in [0.29, 0.717) is 15.6 Å². The maximum atomic E-state index is 13.1. The molecule has 0 radical (unpaired) electrons. The lowest BCUT2D eigenvalue weighted by molar-refractivity contribution is 0.102. The summed E-state index contributed by atoms with van der Waals surface area (Å²) in [6.45, 7) is 0. The van der Waals surface area contributed by atoms with Gasteiger partial charge in [0.1, 0.15) is 5.00 Å². The Balaban J connectivity index is 1.66. The van der Waals surface area contributed by atoms with Crippen molar-refractivity contribution < 1.29 is 4.79 Å². The molecule has 0 spiro atoms. The molecule has 0 bridgehead atoms. The Morgan fingerprint density at radius 1 is 0.964 bits per heavy atom. The van der Waals surface area contributed by atoms with Gasteiger partial charge in [0.25, 0.3) is 5.91 Å². The van der Waals surface area contributed by atoms with E-state index in [1.165, 1.54) is 4.88 Å². The average Bonchev–Trinajstić information content (AvgIpc) is 3.08. The van der Waals surface area contributed by atoms with Gasteiger partial charge in [-0.1, -0.05) is 35.3 Å². The van der Waals surface area contributed by atoms with Crippen molar-refractivity contribution in [2.45, 2.75) is 25.7 Å². The Bertz CT molecular complexity index is 1020. The quantitative estimate of drug-likeness (QED) is 0.449. The molecular formula is C22H18Cl2N2OS. The predicted molar refractivity (Wildman–Crippen MR) is 119 cm³/mol. The number of hydrogen-bond donors (Lipinski definition) is 1. The van der Waals surface area contributed by atoms with E-state index >= 15 is 0 Å². The molecule has 1 N–H and O–H groups in total. The molecule has 0 saturated heterocycles. The average molecular weight is 429 g/mol. The second-order valence-electron chi connectivity index (χ2n) is 6.66. The molecule has 4 rings (SSSR count). The smallest absolute Gasteiger partial charge is 0.259 e. The van der Waals surface area contributed by atoms with E-state index in [4.69, 9.17) is 23.2 Å². The summed E-state index contributed by atoms with van der Waals surface area (Å²) >= 11 is 13.5. The summed E-state index contributed by atoms with van der Waals surface area (Å²) in [5.41, 5.74) is 3.50. The topological polar surface area (TPSA) is 41.5 Å². The Hall–Kier alpha value is -2.14. The minimum Gasteiger partial charge on any atom is -0.322 e. The summed E-state index contributed by atoms with van der Waals surface area (Å²) in [4.78, 5) is 19.0. The van der Waals surface area contributed by atoms with Gasteiger partial charge in [-0.05, 0) is 73.2 Å². The number of amides is 1. The Morgan fingerprint density at radius 2 is 1.61 bits per heavy atom. The van der Waals surface area contributed by atoms with E-state index in [1.807, 2.05) is 24.3 Å². The van der Waals surface area contributed by atoms with Crippen LogP contribution in [0.3, 0.4) is 0 Å². The zero-order valence-electron chi connectivity index (χ0n) is 15.0. The van der Waals surface area contributed by atoms with Gasteiger partial charge in [-0.15, -0.1) is 11.3 Å². The maximum absolute atomic E-state index is 13.1. The lowest BCUT2D eigenvalue weighted by Crippen LogP contribution is -2.14. The van der Waals surface area contributed by atoms with Gasteiger partial charge >= 0.3 is 0 Å². The number of fused-ring (bicyclic) bond motifs is 1. The van der Waals surface area contributed by atoms with Crippen molar-refractivity contribution in [1.29, 1.82) is 0 Å². The van der Waals surface area contributed by atoms with Gasteiger partial charge in [0.2, 0.25) is 0 Å².